The van der Waals surface area contributed by atoms with Gasteiger partial charge in [0.2, 0.25) is 0 Å². The van der Waals surface area contributed by atoms with Gasteiger partial charge in [0.05, 0.1) is 6.10 Å². The van der Waals surface area contributed by atoms with Crippen molar-refractivity contribution >= 4 is 13.9 Å². The minimum atomic E-state index is 0.479. The minimum absolute atomic E-state index is 0.479. The van der Waals surface area contributed by atoms with Crippen molar-refractivity contribution in [1.82, 2.24) is 0 Å². The van der Waals surface area contributed by atoms with Crippen molar-refractivity contribution in [2.24, 2.45) is 0 Å². The first kappa shape index (κ1) is 9.98. The second-order valence-electron chi connectivity index (χ2n) is 3.77. The number of hydrogen-bond acceptors (Lipinski definition) is 1. The van der Waals surface area contributed by atoms with E-state index in [0.717, 1.165) is 14.3 Å². The number of para-hydroxylation sites is 1. The van der Waals surface area contributed by atoms with E-state index < -0.39 is 0 Å². The van der Waals surface area contributed by atoms with Crippen LogP contribution in [0.1, 0.15) is 25.7 Å². The molecule has 1 aromatic carbocycles. The predicted molar refractivity (Wildman–Crippen MR) is 63.2 cm³/mol. The van der Waals surface area contributed by atoms with Crippen LogP contribution in [0.2, 0.25) is 0 Å². The van der Waals surface area contributed by atoms with Crippen LogP contribution in [0.4, 0.5) is 0 Å². The number of hydrogen-bond donors (Lipinski definition) is 0. The van der Waals surface area contributed by atoms with Gasteiger partial charge in [0.15, 0.2) is 0 Å². The van der Waals surface area contributed by atoms with E-state index in [2.05, 4.69) is 30.9 Å². The molecule has 1 saturated carbocycles. The Kier molecular flexibility index (Phi) is 3.42. The molecule has 1 aliphatic carbocycles. The van der Waals surface area contributed by atoms with Crippen molar-refractivity contribution in [2.75, 3.05) is 6.66 Å². The van der Waals surface area contributed by atoms with Crippen molar-refractivity contribution in [1.29, 1.82) is 0 Å². The normalized spacial score (nSPS) is 18.1. The molecule has 1 unspecified atom stereocenters. The van der Waals surface area contributed by atoms with E-state index >= 15 is 0 Å². The Morgan fingerprint density at radius 3 is 2.64 bits per heavy atom. The van der Waals surface area contributed by atoms with Crippen LogP contribution in [0.15, 0.2) is 24.3 Å². The summed E-state index contributed by atoms with van der Waals surface area (Å²) in [5, 5.41) is 1.36. The molecule has 0 spiro atoms. The zero-order valence-corrected chi connectivity index (χ0v) is 9.62. The second-order valence-corrected chi connectivity index (χ2v) is 4.81. The summed E-state index contributed by atoms with van der Waals surface area (Å²) < 4.78 is 6.00. The molecular formula is C12H17OP. The first-order chi connectivity index (χ1) is 6.90. The van der Waals surface area contributed by atoms with Crippen LogP contribution in [-0.2, 0) is 0 Å². The molecule has 0 N–H and O–H groups in total. The van der Waals surface area contributed by atoms with E-state index in [0.29, 0.717) is 6.10 Å². The summed E-state index contributed by atoms with van der Waals surface area (Å²) in [4.78, 5) is 0. The molecule has 1 nitrogen and oxygen atoms in total. The van der Waals surface area contributed by atoms with Gasteiger partial charge in [-0.05, 0) is 38.4 Å². The first-order valence-electron chi connectivity index (χ1n) is 5.33. The summed E-state index contributed by atoms with van der Waals surface area (Å²) in [5.41, 5.74) is 0. The summed E-state index contributed by atoms with van der Waals surface area (Å²) >= 11 is 0. The van der Waals surface area contributed by atoms with Gasteiger partial charge >= 0.3 is 0 Å². The third-order valence-electron chi connectivity index (χ3n) is 2.75. The van der Waals surface area contributed by atoms with Crippen LogP contribution in [0.25, 0.3) is 0 Å². The van der Waals surface area contributed by atoms with Crippen molar-refractivity contribution < 1.29 is 4.74 Å². The van der Waals surface area contributed by atoms with Gasteiger partial charge in [-0.15, -0.1) is 0 Å². The molecule has 2 heteroatoms. The van der Waals surface area contributed by atoms with Gasteiger partial charge in [0, 0.05) is 5.30 Å². The number of ether oxygens (including phenoxy) is 1. The number of rotatable bonds is 3. The highest BCUT2D eigenvalue weighted by Crippen LogP contribution is 2.25. The highest BCUT2D eigenvalue weighted by Gasteiger charge is 2.17. The molecule has 1 atom stereocenters. The lowest BCUT2D eigenvalue weighted by molar-refractivity contribution is 0.212. The maximum absolute atomic E-state index is 6.00. The lowest BCUT2D eigenvalue weighted by Crippen LogP contribution is -2.14. The molecule has 76 valence electrons. The topological polar surface area (TPSA) is 9.23 Å². The Morgan fingerprint density at radius 1 is 1.21 bits per heavy atom. The summed E-state index contributed by atoms with van der Waals surface area (Å²) in [6.45, 7) is 2.21. The molecular weight excluding hydrogens is 191 g/mol. The predicted octanol–water partition coefficient (Wildman–Crippen LogP) is 2.94. The Labute approximate surface area is 87.6 Å². The summed E-state index contributed by atoms with van der Waals surface area (Å²) in [6, 6.07) is 8.42. The van der Waals surface area contributed by atoms with E-state index in [4.69, 9.17) is 4.74 Å². The molecule has 0 heterocycles. The largest absolute Gasteiger partial charge is 0.490 e. The summed E-state index contributed by atoms with van der Waals surface area (Å²) in [6.07, 6.45) is 5.62. The molecule has 1 aliphatic rings. The van der Waals surface area contributed by atoms with E-state index in [1.807, 2.05) is 0 Å². The van der Waals surface area contributed by atoms with Crippen LogP contribution < -0.4 is 10.0 Å². The molecule has 1 aromatic rings. The van der Waals surface area contributed by atoms with Gasteiger partial charge < -0.3 is 4.74 Å². The SMILES string of the molecule is CPc1ccccc1OC1CCCC1. The molecule has 0 amide bonds. The van der Waals surface area contributed by atoms with Gasteiger partial charge in [-0.3, -0.25) is 0 Å². The molecule has 0 radical (unpaired) electrons. The minimum Gasteiger partial charge on any atom is -0.490 e. The lowest BCUT2D eigenvalue weighted by atomic mass is 10.3. The number of benzene rings is 1. The fourth-order valence-corrected chi connectivity index (χ4v) is 2.61. The summed E-state index contributed by atoms with van der Waals surface area (Å²) in [7, 11) is 0.827. The van der Waals surface area contributed by atoms with Gasteiger partial charge in [-0.1, -0.05) is 26.8 Å². The average molecular weight is 208 g/mol. The Hall–Kier alpha value is -0.550. The fourth-order valence-electron chi connectivity index (χ4n) is 1.96. The van der Waals surface area contributed by atoms with Crippen LogP contribution in [-0.4, -0.2) is 12.8 Å². The van der Waals surface area contributed by atoms with E-state index in [9.17, 15) is 0 Å². The molecule has 0 saturated heterocycles. The molecule has 0 bridgehead atoms. The van der Waals surface area contributed by atoms with Gasteiger partial charge in [-0.25, -0.2) is 0 Å². The highest BCUT2D eigenvalue weighted by molar-refractivity contribution is 7.46. The molecule has 0 aromatic heterocycles. The zero-order valence-electron chi connectivity index (χ0n) is 8.62. The third-order valence-corrected chi connectivity index (χ3v) is 3.70. The van der Waals surface area contributed by atoms with Crippen molar-refractivity contribution in [2.45, 2.75) is 31.8 Å². The van der Waals surface area contributed by atoms with Crippen molar-refractivity contribution in [3.05, 3.63) is 24.3 Å². The maximum Gasteiger partial charge on any atom is 0.127 e. The van der Waals surface area contributed by atoms with Crippen LogP contribution in [0.5, 0.6) is 5.75 Å². The van der Waals surface area contributed by atoms with Crippen LogP contribution in [0.3, 0.4) is 0 Å². The van der Waals surface area contributed by atoms with E-state index in [-0.39, 0.29) is 0 Å². The Morgan fingerprint density at radius 2 is 1.93 bits per heavy atom. The third kappa shape index (κ3) is 2.27. The van der Waals surface area contributed by atoms with Crippen molar-refractivity contribution in [3.63, 3.8) is 0 Å². The van der Waals surface area contributed by atoms with E-state index in [1.165, 1.54) is 31.0 Å². The standard InChI is InChI=1S/C12H17OP/c1-14-12-9-5-4-8-11(12)13-10-6-2-3-7-10/h4-5,8-10,14H,2-3,6-7H2,1H3. The highest BCUT2D eigenvalue weighted by atomic mass is 31.1. The smallest absolute Gasteiger partial charge is 0.127 e. The first-order valence-corrected chi connectivity index (χ1v) is 6.83. The molecule has 0 aliphatic heterocycles. The fraction of sp³-hybridized carbons (Fsp3) is 0.500. The maximum atomic E-state index is 6.00. The zero-order chi connectivity index (χ0) is 9.80. The lowest BCUT2D eigenvalue weighted by Gasteiger charge is -2.15. The van der Waals surface area contributed by atoms with Crippen LogP contribution >= 0.6 is 8.58 Å². The molecule has 2 rings (SSSR count). The van der Waals surface area contributed by atoms with E-state index in [1.54, 1.807) is 0 Å². The summed E-state index contributed by atoms with van der Waals surface area (Å²) in [5.74, 6) is 1.11. The van der Waals surface area contributed by atoms with Gasteiger partial charge in [-0.2, -0.15) is 0 Å². The average Bonchev–Trinajstić information content (AvgIpc) is 2.71. The second kappa shape index (κ2) is 4.79. The Bertz CT molecular complexity index is 292. The van der Waals surface area contributed by atoms with Crippen LogP contribution in [0, 0.1) is 0 Å². The molecule has 1 fully saturated rings. The van der Waals surface area contributed by atoms with Crippen molar-refractivity contribution in [3.8, 4) is 5.75 Å². The molecule has 14 heavy (non-hydrogen) atoms. The Balaban J connectivity index is 2.07. The monoisotopic (exact) mass is 208 g/mol. The quantitative estimate of drug-likeness (QED) is 0.694. The van der Waals surface area contributed by atoms with Gasteiger partial charge in [0.1, 0.15) is 5.75 Å². The van der Waals surface area contributed by atoms with Gasteiger partial charge in [0.25, 0.3) is 0 Å².